The molecule has 1 amide bonds. The molecule has 0 atom stereocenters. The third-order valence-corrected chi connectivity index (χ3v) is 2.95. The van der Waals surface area contributed by atoms with Gasteiger partial charge in [0.05, 0.1) is 0 Å². The van der Waals surface area contributed by atoms with Crippen LogP contribution in [-0.2, 0) is 4.79 Å². The summed E-state index contributed by atoms with van der Waals surface area (Å²) in [5, 5.41) is 11.8. The van der Waals surface area contributed by atoms with Gasteiger partial charge in [0.25, 0.3) is 5.91 Å². The van der Waals surface area contributed by atoms with Gasteiger partial charge in [0.15, 0.2) is 5.78 Å². The third kappa shape index (κ3) is 5.64. The van der Waals surface area contributed by atoms with Gasteiger partial charge in [0, 0.05) is 30.5 Å². The van der Waals surface area contributed by atoms with Gasteiger partial charge in [-0.3, -0.25) is 9.59 Å². The van der Waals surface area contributed by atoms with Gasteiger partial charge >= 0.3 is 0 Å². The van der Waals surface area contributed by atoms with Crippen LogP contribution in [0.25, 0.3) is 0 Å². The lowest BCUT2D eigenvalue weighted by atomic mass is 10.1. The molecule has 0 saturated carbocycles. The molecule has 118 valence electrons. The van der Waals surface area contributed by atoms with Gasteiger partial charge in [-0.25, -0.2) is 0 Å². The number of nitrogens with one attached hydrogen (secondary N) is 1. The largest absolute Gasteiger partial charge is 0.369 e. The Bertz CT molecular complexity index is 657. The van der Waals surface area contributed by atoms with Crippen molar-refractivity contribution in [1.82, 2.24) is 4.90 Å². The van der Waals surface area contributed by atoms with E-state index in [0.29, 0.717) is 24.3 Å². The molecule has 1 N–H and O–H groups in total. The monoisotopic (exact) mass is 309 g/mol. The minimum Gasteiger partial charge on any atom is -0.369 e. The first-order chi connectivity index (χ1) is 11.0. The van der Waals surface area contributed by atoms with Crippen LogP contribution in [0.5, 0.6) is 0 Å². The SMILES string of the molecule is C=CCN(/C=C(/C#N)C(=O)Nc1ccc(C(C)=O)cc1)CC=C. The Balaban J connectivity index is 2.87. The summed E-state index contributed by atoms with van der Waals surface area (Å²) in [6.45, 7) is 9.74. The summed E-state index contributed by atoms with van der Waals surface area (Å²) in [7, 11) is 0. The molecule has 0 spiro atoms. The van der Waals surface area contributed by atoms with Gasteiger partial charge in [-0.05, 0) is 31.2 Å². The maximum absolute atomic E-state index is 12.2. The van der Waals surface area contributed by atoms with Crippen molar-refractivity contribution >= 4 is 17.4 Å². The molecule has 5 heteroatoms. The topological polar surface area (TPSA) is 73.2 Å². The Hall–Kier alpha value is -3.13. The summed E-state index contributed by atoms with van der Waals surface area (Å²) in [5.74, 6) is -0.564. The Morgan fingerprint density at radius 1 is 1.22 bits per heavy atom. The van der Waals surface area contributed by atoms with Crippen LogP contribution in [0.3, 0.4) is 0 Å². The molecule has 1 aromatic rings. The summed E-state index contributed by atoms with van der Waals surface area (Å²) in [5.41, 5.74) is 1.05. The van der Waals surface area contributed by atoms with Crippen LogP contribution in [0.4, 0.5) is 5.69 Å². The first-order valence-electron chi connectivity index (χ1n) is 7.02. The number of benzene rings is 1. The fraction of sp³-hybridized carbons (Fsp3) is 0.167. The first-order valence-corrected chi connectivity index (χ1v) is 7.02. The number of hydrogen-bond acceptors (Lipinski definition) is 4. The number of carbonyl (C=O) groups is 2. The van der Waals surface area contributed by atoms with Gasteiger partial charge < -0.3 is 10.2 Å². The molecule has 1 rings (SSSR count). The molecule has 5 nitrogen and oxygen atoms in total. The van der Waals surface area contributed by atoms with E-state index in [-0.39, 0.29) is 11.4 Å². The molecule has 0 saturated heterocycles. The predicted molar refractivity (Wildman–Crippen MR) is 90.7 cm³/mol. The zero-order valence-electron chi connectivity index (χ0n) is 13.1. The molecule has 1 aromatic carbocycles. The molecule has 0 aliphatic heterocycles. The van der Waals surface area contributed by atoms with E-state index >= 15 is 0 Å². The van der Waals surface area contributed by atoms with E-state index in [9.17, 15) is 14.9 Å². The van der Waals surface area contributed by atoms with Crippen LogP contribution in [0.1, 0.15) is 17.3 Å². The lowest BCUT2D eigenvalue weighted by Gasteiger charge is -2.16. The second-order valence-electron chi connectivity index (χ2n) is 4.77. The fourth-order valence-corrected chi connectivity index (χ4v) is 1.82. The average Bonchev–Trinajstić information content (AvgIpc) is 2.53. The highest BCUT2D eigenvalue weighted by molar-refractivity contribution is 6.06. The summed E-state index contributed by atoms with van der Waals surface area (Å²) >= 11 is 0. The summed E-state index contributed by atoms with van der Waals surface area (Å²) in [4.78, 5) is 25.1. The fourth-order valence-electron chi connectivity index (χ4n) is 1.82. The smallest absolute Gasteiger partial charge is 0.267 e. The van der Waals surface area contributed by atoms with Gasteiger partial charge in [-0.2, -0.15) is 5.26 Å². The van der Waals surface area contributed by atoms with E-state index in [1.807, 2.05) is 6.07 Å². The van der Waals surface area contributed by atoms with Crippen LogP contribution in [0.2, 0.25) is 0 Å². The molecule has 0 bridgehead atoms. The van der Waals surface area contributed by atoms with E-state index < -0.39 is 5.91 Å². The minimum atomic E-state index is -0.513. The summed E-state index contributed by atoms with van der Waals surface area (Å²) < 4.78 is 0. The van der Waals surface area contributed by atoms with Gasteiger partial charge in [0.1, 0.15) is 11.6 Å². The Labute approximate surface area is 136 Å². The van der Waals surface area contributed by atoms with Crippen molar-refractivity contribution in [2.24, 2.45) is 0 Å². The normalized spacial score (nSPS) is 10.3. The van der Waals surface area contributed by atoms with Crippen molar-refractivity contribution in [2.45, 2.75) is 6.92 Å². The number of Topliss-reactive ketones (excluding diaryl/α,β-unsaturated/α-hetero) is 1. The molecule has 0 heterocycles. The highest BCUT2D eigenvalue weighted by Gasteiger charge is 2.11. The van der Waals surface area contributed by atoms with Crippen molar-refractivity contribution in [3.05, 3.63) is 66.9 Å². The number of ketones is 1. The number of hydrogen-bond donors (Lipinski definition) is 1. The van der Waals surface area contributed by atoms with Crippen molar-refractivity contribution in [2.75, 3.05) is 18.4 Å². The van der Waals surface area contributed by atoms with E-state index in [4.69, 9.17) is 0 Å². The molecule has 0 aromatic heterocycles. The van der Waals surface area contributed by atoms with E-state index in [2.05, 4.69) is 18.5 Å². The average molecular weight is 309 g/mol. The van der Waals surface area contributed by atoms with Crippen molar-refractivity contribution in [3.8, 4) is 6.07 Å². The quantitative estimate of drug-likeness (QED) is 0.347. The van der Waals surface area contributed by atoms with Gasteiger partial charge in [-0.15, -0.1) is 13.2 Å². The maximum Gasteiger partial charge on any atom is 0.267 e. The first kappa shape index (κ1) is 17.9. The Kier molecular flexibility index (Phi) is 7.02. The van der Waals surface area contributed by atoms with Crippen molar-refractivity contribution in [1.29, 1.82) is 5.26 Å². The van der Waals surface area contributed by atoms with Crippen molar-refractivity contribution in [3.63, 3.8) is 0 Å². The lowest BCUT2D eigenvalue weighted by Crippen LogP contribution is -2.21. The molecule has 0 radical (unpaired) electrons. The molecule has 0 aliphatic carbocycles. The maximum atomic E-state index is 12.2. The molecule has 0 fully saturated rings. The molecular weight excluding hydrogens is 290 g/mol. The van der Waals surface area contributed by atoms with Crippen LogP contribution < -0.4 is 5.32 Å². The second kappa shape index (κ2) is 9.00. The number of amides is 1. The van der Waals surface area contributed by atoms with Crippen LogP contribution in [0.15, 0.2) is 61.3 Å². The molecule has 0 unspecified atom stereocenters. The third-order valence-electron chi connectivity index (χ3n) is 2.95. The number of nitrogens with zero attached hydrogens (tertiary/aromatic N) is 2. The zero-order chi connectivity index (χ0) is 17.2. The van der Waals surface area contributed by atoms with Gasteiger partial charge in [-0.1, -0.05) is 12.2 Å². The van der Waals surface area contributed by atoms with Gasteiger partial charge in [0.2, 0.25) is 0 Å². The standard InChI is InChI=1S/C18H19N3O2/c1-4-10-21(11-5-2)13-16(12-19)18(23)20-17-8-6-15(7-9-17)14(3)22/h4-9,13H,1-2,10-11H2,3H3,(H,20,23)/b16-13-. The zero-order valence-corrected chi connectivity index (χ0v) is 13.1. The summed E-state index contributed by atoms with van der Waals surface area (Å²) in [6, 6.07) is 8.36. The number of rotatable bonds is 8. The minimum absolute atomic E-state index is 0.0238. The number of nitriles is 1. The van der Waals surface area contributed by atoms with Crippen LogP contribution in [0, 0.1) is 11.3 Å². The predicted octanol–water partition coefficient (Wildman–Crippen LogP) is 2.91. The molecule has 0 aliphatic rings. The number of carbonyl (C=O) groups excluding carboxylic acids is 2. The number of anilines is 1. The highest BCUT2D eigenvalue weighted by atomic mass is 16.1. The van der Waals surface area contributed by atoms with Crippen LogP contribution in [-0.4, -0.2) is 29.7 Å². The van der Waals surface area contributed by atoms with E-state index in [1.54, 1.807) is 41.3 Å². The Morgan fingerprint density at radius 2 is 1.78 bits per heavy atom. The second-order valence-corrected chi connectivity index (χ2v) is 4.77. The van der Waals surface area contributed by atoms with E-state index in [1.165, 1.54) is 13.1 Å². The lowest BCUT2D eigenvalue weighted by molar-refractivity contribution is -0.112. The van der Waals surface area contributed by atoms with E-state index in [0.717, 1.165) is 0 Å². The summed E-state index contributed by atoms with van der Waals surface area (Å²) in [6.07, 6.45) is 4.82. The Morgan fingerprint density at radius 3 is 2.22 bits per heavy atom. The molecule has 23 heavy (non-hydrogen) atoms. The van der Waals surface area contributed by atoms with Crippen molar-refractivity contribution < 1.29 is 9.59 Å². The molecular formula is C18H19N3O2. The van der Waals surface area contributed by atoms with Crippen LogP contribution >= 0.6 is 0 Å². The highest BCUT2D eigenvalue weighted by Crippen LogP contribution is 2.11.